The second kappa shape index (κ2) is 6.27. The van der Waals surface area contributed by atoms with Gasteiger partial charge >= 0.3 is 5.69 Å². The molecule has 0 spiro atoms. The van der Waals surface area contributed by atoms with Gasteiger partial charge in [-0.25, -0.2) is 19.0 Å². The number of rotatable bonds is 4. The maximum absolute atomic E-state index is 12.6. The Morgan fingerprint density at radius 2 is 2.19 bits per heavy atom. The lowest BCUT2D eigenvalue weighted by Gasteiger charge is -2.05. The topological polar surface area (TPSA) is 78.7 Å². The molecule has 0 aliphatic rings. The van der Waals surface area contributed by atoms with E-state index in [9.17, 15) is 13.6 Å². The fraction of sp³-hybridized carbons (Fsp3) is 0.250. The van der Waals surface area contributed by atoms with Gasteiger partial charge in [0.15, 0.2) is 0 Å². The van der Waals surface area contributed by atoms with E-state index in [2.05, 4.69) is 26.0 Å². The van der Waals surface area contributed by atoms with Gasteiger partial charge in [-0.1, -0.05) is 0 Å². The molecular formula is C12H12BrF2N5O. The Morgan fingerprint density at radius 1 is 1.48 bits per heavy atom. The van der Waals surface area contributed by atoms with Gasteiger partial charge in [-0.15, -0.1) is 0 Å². The molecule has 0 bridgehead atoms. The number of halogens is 3. The van der Waals surface area contributed by atoms with E-state index in [-0.39, 0.29) is 18.7 Å². The van der Waals surface area contributed by atoms with Crippen molar-refractivity contribution in [1.82, 2.24) is 19.3 Å². The molecule has 2 aromatic rings. The van der Waals surface area contributed by atoms with Gasteiger partial charge in [0.1, 0.15) is 10.9 Å². The first kappa shape index (κ1) is 15.5. The minimum Gasteiger partial charge on any atom is -0.327 e. The number of pyridine rings is 1. The van der Waals surface area contributed by atoms with Crippen LogP contribution in [0.4, 0.5) is 8.78 Å². The van der Waals surface area contributed by atoms with Crippen molar-refractivity contribution in [3.8, 4) is 5.69 Å². The van der Waals surface area contributed by atoms with E-state index in [0.717, 1.165) is 10.2 Å². The first-order valence-corrected chi connectivity index (χ1v) is 6.73. The molecule has 0 fully saturated rings. The molecule has 2 aromatic heterocycles. The molecule has 0 aliphatic heterocycles. The highest BCUT2D eigenvalue weighted by Gasteiger charge is 2.13. The van der Waals surface area contributed by atoms with Crippen LogP contribution in [0, 0.1) is 6.92 Å². The summed E-state index contributed by atoms with van der Waals surface area (Å²) < 4.78 is 28.0. The van der Waals surface area contributed by atoms with E-state index in [1.165, 1.54) is 17.1 Å². The molecule has 2 N–H and O–H groups in total. The Morgan fingerprint density at radius 3 is 2.76 bits per heavy atom. The minimum absolute atomic E-state index is 0.326. The molecule has 0 atom stereocenters. The summed E-state index contributed by atoms with van der Waals surface area (Å²) in [5.74, 6) is 0. The Bertz CT molecular complexity index is 748. The summed E-state index contributed by atoms with van der Waals surface area (Å²) in [6.07, 6.45) is 0.882. The molecule has 2 heterocycles. The van der Waals surface area contributed by atoms with E-state index in [1.54, 1.807) is 13.0 Å². The van der Waals surface area contributed by atoms with Gasteiger partial charge in [0.2, 0.25) is 0 Å². The standard InChI is InChI=1S/C12H12BrF2N5O/c1-7-2-10(13)17-4-9(7)19-6-18-20(12(19)21)5-8(3-16)11(14)15/h2,4,6H,3,5,16H2,1H3. The minimum atomic E-state index is -1.89. The quantitative estimate of drug-likeness (QED) is 0.841. The van der Waals surface area contributed by atoms with Gasteiger partial charge in [-0.3, -0.25) is 0 Å². The number of nitrogens with two attached hydrogens (primary N) is 1. The van der Waals surface area contributed by atoms with Crippen molar-refractivity contribution in [2.75, 3.05) is 6.54 Å². The third-order valence-electron chi connectivity index (χ3n) is 2.90. The summed E-state index contributed by atoms with van der Waals surface area (Å²) in [4.78, 5) is 16.2. The van der Waals surface area contributed by atoms with E-state index in [1.807, 2.05) is 0 Å². The molecule has 0 unspecified atom stereocenters. The molecule has 0 saturated carbocycles. The van der Waals surface area contributed by atoms with Crippen LogP contribution >= 0.6 is 15.9 Å². The average molecular weight is 360 g/mol. The molecule has 112 valence electrons. The van der Waals surface area contributed by atoms with Crippen LogP contribution in [-0.4, -0.2) is 25.9 Å². The Labute approximate surface area is 127 Å². The van der Waals surface area contributed by atoms with Gasteiger partial charge in [-0.2, -0.15) is 13.9 Å². The van der Waals surface area contributed by atoms with Gasteiger partial charge < -0.3 is 5.73 Å². The third-order valence-corrected chi connectivity index (χ3v) is 3.33. The van der Waals surface area contributed by atoms with Crippen molar-refractivity contribution in [3.63, 3.8) is 0 Å². The zero-order valence-electron chi connectivity index (χ0n) is 11.1. The van der Waals surface area contributed by atoms with E-state index < -0.39 is 11.8 Å². The van der Waals surface area contributed by atoms with Crippen LogP contribution in [0.5, 0.6) is 0 Å². The van der Waals surface area contributed by atoms with Crippen LogP contribution in [0.3, 0.4) is 0 Å². The highest BCUT2D eigenvalue weighted by molar-refractivity contribution is 9.10. The molecule has 0 aromatic carbocycles. The fourth-order valence-electron chi connectivity index (χ4n) is 1.76. The highest BCUT2D eigenvalue weighted by Crippen LogP contribution is 2.15. The van der Waals surface area contributed by atoms with Crippen LogP contribution in [0.25, 0.3) is 5.69 Å². The summed E-state index contributed by atoms with van der Waals surface area (Å²) in [5.41, 5.74) is 5.70. The van der Waals surface area contributed by atoms with Crippen molar-refractivity contribution < 1.29 is 8.78 Å². The van der Waals surface area contributed by atoms with Crippen LogP contribution in [-0.2, 0) is 6.54 Å². The molecule has 2 rings (SSSR count). The van der Waals surface area contributed by atoms with Crippen molar-refractivity contribution in [2.24, 2.45) is 5.73 Å². The second-order valence-corrected chi connectivity index (χ2v) is 5.12. The van der Waals surface area contributed by atoms with Crippen molar-refractivity contribution in [1.29, 1.82) is 0 Å². The maximum atomic E-state index is 12.6. The number of hydrogen-bond donors (Lipinski definition) is 1. The zero-order chi connectivity index (χ0) is 15.6. The summed E-state index contributed by atoms with van der Waals surface area (Å²) in [5, 5.41) is 3.83. The Balaban J connectivity index is 2.42. The van der Waals surface area contributed by atoms with E-state index >= 15 is 0 Å². The first-order chi connectivity index (χ1) is 9.93. The van der Waals surface area contributed by atoms with Crippen molar-refractivity contribution >= 4 is 15.9 Å². The normalized spacial score (nSPS) is 10.7. The number of hydrogen-bond acceptors (Lipinski definition) is 4. The second-order valence-electron chi connectivity index (χ2n) is 4.30. The Hall–Kier alpha value is -1.87. The van der Waals surface area contributed by atoms with Crippen LogP contribution in [0.1, 0.15) is 5.56 Å². The number of aromatic nitrogens is 4. The predicted molar refractivity (Wildman–Crippen MR) is 76.4 cm³/mol. The number of aryl methyl sites for hydroxylation is 1. The monoisotopic (exact) mass is 359 g/mol. The summed E-state index contributed by atoms with van der Waals surface area (Å²) in [6, 6.07) is 1.74. The number of nitrogens with zero attached hydrogens (tertiary/aromatic N) is 4. The predicted octanol–water partition coefficient (Wildman–Crippen LogP) is 1.61. The van der Waals surface area contributed by atoms with E-state index in [0.29, 0.717) is 10.3 Å². The van der Waals surface area contributed by atoms with Crippen LogP contribution in [0.2, 0.25) is 0 Å². The molecule has 0 radical (unpaired) electrons. The molecule has 21 heavy (non-hydrogen) atoms. The lowest BCUT2D eigenvalue weighted by Crippen LogP contribution is -2.26. The van der Waals surface area contributed by atoms with Crippen LogP contribution in [0.15, 0.2) is 39.6 Å². The smallest absolute Gasteiger partial charge is 0.327 e. The third kappa shape index (κ3) is 3.24. The molecule has 0 amide bonds. The highest BCUT2D eigenvalue weighted by atomic mass is 79.9. The largest absolute Gasteiger partial charge is 0.350 e. The summed E-state index contributed by atoms with van der Waals surface area (Å²) in [7, 11) is 0. The SMILES string of the molecule is Cc1cc(Br)ncc1-n1cnn(CC(CN)=C(F)F)c1=O. The maximum Gasteiger partial charge on any atom is 0.350 e. The van der Waals surface area contributed by atoms with Gasteiger partial charge in [0, 0.05) is 12.1 Å². The molecule has 9 heteroatoms. The van der Waals surface area contributed by atoms with E-state index in [4.69, 9.17) is 5.73 Å². The first-order valence-electron chi connectivity index (χ1n) is 5.94. The van der Waals surface area contributed by atoms with Crippen molar-refractivity contribution in [3.05, 3.63) is 50.9 Å². The zero-order valence-corrected chi connectivity index (χ0v) is 12.6. The lowest BCUT2D eigenvalue weighted by atomic mass is 10.2. The van der Waals surface area contributed by atoms with Gasteiger partial charge in [0.05, 0.1) is 18.4 Å². The van der Waals surface area contributed by atoms with Crippen molar-refractivity contribution in [2.45, 2.75) is 13.5 Å². The average Bonchev–Trinajstić information content (AvgIpc) is 2.77. The van der Waals surface area contributed by atoms with Gasteiger partial charge in [0.25, 0.3) is 6.08 Å². The van der Waals surface area contributed by atoms with Crippen LogP contribution < -0.4 is 11.4 Å². The summed E-state index contributed by atoms with van der Waals surface area (Å²) in [6.45, 7) is 1.13. The summed E-state index contributed by atoms with van der Waals surface area (Å²) >= 11 is 3.23. The fourth-order valence-corrected chi connectivity index (χ4v) is 2.21. The van der Waals surface area contributed by atoms with Gasteiger partial charge in [-0.05, 0) is 34.5 Å². The Kier molecular flexibility index (Phi) is 4.63. The molecule has 0 saturated heterocycles. The lowest BCUT2D eigenvalue weighted by molar-refractivity contribution is 0.400. The molecule has 6 nitrogen and oxygen atoms in total. The molecule has 0 aliphatic carbocycles. The molecular weight excluding hydrogens is 348 g/mol.